The summed E-state index contributed by atoms with van der Waals surface area (Å²) in [7, 11) is 0. The first-order valence-corrected chi connectivity index (χ1v) is 6.77. The van der Waals surface area contributed by atoms with E-state index in [0.29, 0.717) is 6.10 Å². The predicted molar refractivity (Wildman–Crippen MR) is 68.8 cm³/mol. The van der Waals surface area contributed by atoms with Crippen LogP contribution in [0.15, 0.2) is 24.3 Å². The second kappa shape index (κ2) is 4.43. The molecule has 0 spiro atoms. The summed E-state index contributed by atoms with van der Waals surface area (Å²) >= 11 is 0. The van der Waals surface area contributed by atoms with Gasteiger partial charge in [-0.05, 0) is 49.7 Å². The van der Waals surface area contributed by atoms with Gasteiger partial charge >= 0.3 is 0 Å². The van der Waals surface area contributed by atoms with E-state index in [-0.39, 0.29) is 5.54 Å². The van der Waals surface area contributed by atoms with Crippen molar-refractivity contribution in [2.75, 3.05) is 6.61 Å². The molecule has 1 heterocycles. The molecule has 0 saturated carbocycles. The van der Waals surface area contributed by atoms with Gasteiger partial charge in [0.2, 0.25) is 0 Å². The molecule has 1 aliphatic carbocycles. The van der Waals surface area contributed by atoms with Crippen molar-refractivity contribution in [1.29, 1.82) is 0 Å². The number of aryl methyl sites for hydroxylation is 1. The Kier molecular flexibility index (Phi) is 2.93. The van der Waals surface area contributed by atoms with Gasteiger partial charge in [-0.3, -0.25) is 0 Å². The summed E-state index contributed by atoms with van der Waals surface area (Å²) in [5, 5.41) is 0. The minimum atomic E-state index is -0.0947. The normalized spacial score (nSPS) is 31.7. The monoisotopic (exact) mass is 231 g/mol. The van der Waals surface area contributed by atoms with Crippen LogP contribution in [0.2, 0.25) is 0 Å². The molecule has 2 heteroatoms. The van der Waals surface area contributed by atoms with E-state index in [9.17, 15) is 0 Å². The molecule has 1 aromatic carbocycles. The molecule has 0 bridgehead atoms. The molecule has 0 aromatic heterocycles. The summed E-state index contributed by atoms with van der Waals surface area (Å²) in [6, 6.07) is 8.65. The Hall–Kier alpha value is -0.860. The highest BCUT2D eigenvalue weighted by Crippen LogP contribution is 2.38. The molecule has 2 unspecified atom stereocenters. The topological polar surface area (TPSA) is 35.2 Å². The Labute approximate surface area is 103 Å². The van der Waals surface area contributed by atoms with Crippen molar-refractivity contribution < 1.29 is 4.74 Å². The molecule has 1 aromatic rings. The van der Waals surface area contributed by atoms with Crippen LogP contribution >= 0.6 is 0 Å². The average Bonchev–Trinajstić information content (AvgIpc) is 2.97. The lowest BCUT2D eigenvalue weighted by Gasteiger charge is -2.26. The largest absolute Gasteiger partial charge is 0.378 e. The summed E-state index contributed by atoms with van der Waals surface area (Å²) in [6.45, 7) is 0.943. The van der Waals surface area contributed by atoms with Crippen LogP contribution in [0.4, 0.5) is 0 Å². The molecule has 17 heavy (non-hydrogen) atoms. The molecule has 1 aliphatic heterocycles. The van der Waals surface area contributed by atoms with E-state index in [1.54, 1.807) is 0 Å². The minimum absolute atomic E-state index is 0.0947. The van der Waals surface area contributed by atoms with Crippen LogP contribution in [0.25, 0.3) is 0 Å². The molecular weight excluding hydrogens is 210 g/mol. The first kappa shape index (κ1) is 11.2. The minimum Gasteiger partial charge on any atom is -0.378 e. The highest BCUT2D eigenvalue weighted by atomic mass is 16.5. The van der Waals surface area contributed by atoms with Crippen molar-refractivity contribution in [1.82, 2.24) is 0 Å². The van der Waals surface area contributed by atoms with Gasteiger partial charge < -0.3 is 10.5 Å². The van der Waals surface area contributed by atoms with Gasteiger partial charge in [-0.1, -0.05) is 24.3 Å². The molecule has 1 fully saturated rings. The smallest absolute Gasteiger partial charge is 0.0576 e. The van der Waals surface area contributed by atoms with Crippen molar-refractivity contribution in [2.45, 2.75) is 50.2 Å². The lowest BCUT2D eigenvalue weighted by molar-refractivity contribution is 0.0957. The summed E-state index contributed by atoms with van der Waals surface area (Å²) in [5.41, 5.74) is 9.32. The quantitative estimate of drug-likeness (QED) is 0.868. The van der Waals surface area contributed by atoms with Crippen LogP contribution in [-0.4, -0.2) is 12.7 Å². The number of benzene rings is 1. The fourth-order valence-electron chi connectivity index (χ4n) is 3.27. The zero-order valence-corrected chi connectivity index (χ0v) is 10.3. The number of fused-ring (bicyclic) bond motifs is 1. The number of hydrogen-bond donors (Lipinski definition) is 1. The summed E-state index contributed by atoms with van der Waals surface area (Å²) < 4.78 is 5.69. The fourth-order valence-corrected chi connectivity index (χ4v) is 3.27. The Morgan fingerprint density at radius 3 is 3.06 bits per heavy atom. The zero-order chi connectivity index (χ0) is 11.7. The maximum Gasteiger partial charge on any atom is 0.0576 e. The fraction of sp³-hybridized carbons (Fsp3) is 0.600. The number of ether oxygens (including phenoxy) is 1. The van der Waals surface area contributed by atoms with Crippen molar-refractivity contribution in [3.63, 3.8) is 0 Å². The van der Waals surface area contributed by atoms with E-state index < -0.39 is 0 Å². The molecule has 0 radical (unpaired) electrons. The number of rotatable bonds is 3. The first-order chi connectivity index (χ1) is 8.28. The Morgan fingerprint density at radius 2 is 2.24 bits per heavy atom. The van der Waals surface area contributed by atoms with E-state index in [1.165, 1.54) is 24.0 Å². The van der Waals surface area contributed by atoms with Gasteiger partial charge in [-0.2, -0.15) is 0 Å². The number of nitrogens with two attached hydrogens (primary N) is 1. The highest BCUT2D eigenvalue weighted by Gasteiger charge is 2.35. The molecule has 2 nitrogen and oxygen atoms in total. The molecule has 0 amide bonds. The summed E-state index contributed by atoms with van der Waals surface area (Å²) in [5.74, 6) is 0. The van der Waals surface area contributed by atoms with Gasteiger partial charge in [0.05, 0.1) is 6.10 Å². The van der Waals surface area contributed by atoms with Gasteiger partial charge in [0.1, 0.15) is 0 Å². The van der Waals surface area contributed by atoms with Crippen LogP contribution in [0.1, 0.15) is 43.2 Å². The van der Waals surface area contributed by atoms with Crippen molar-refractivity contribution in [3.05, 3.63) is 35.4 Å². The Bertz CT molecular complexity index is 398. The standard InChI is InChI=1S/C15H21NO/c16-15(10-8-13-5-3-11-17-13)9-7-12-4-1-2-6-14(12)15/h1-2,4,6,13H,3,5,7-11,16H2. The van der Waals surface area contributed by atoms with Crippen molar-refractivity contribution >= 4 is 0 Å². The van der Waals surface area contributed by atoms with Crippen molar-refractivity contribution in [2.24, 2.45) is 5.73 Å². The maximum absolute atomic E-state index is 6.59. The lowest BCUT2D eigenvalue weighted by atomic mass is 9.87. The third-order valence-corrected chi connectivity index (χ3v) is 4.33. The SMILES string of the molecule is NC1(CCC2CCCO2)CCc2ccccc21. The first-order valence-electron chi connectivity index (χ1n) is 6.77. The average molecular weight is 231 g/mol. The van der Waals surface area contributed by atoms with E-state index in [2.05, 4.69) is 24.3 Å². The van der Waals surface area contributed by atoms with Crippen LogP contribution in [0, 0.1) is 0 Å². The van der Waals surface area contributed by atoms with E-state index in [0.717, 1.165) is 32.3 Å². The van der Waals surface area contributed by atoms with Gasteiger partial charge in [-0.25, -0.2) is 0 Å². The molecule has 1 saturated heterocycles. The molecule has 2 aliphatic rings. The van der Waals surface area contributed by atoms with Crippen molar-refractivity contribution in [3.8, 4) is 0 Å². The van der Waals surface area contributed by atoms with Gasteiger partial charge in [-0.15, -0.1) is 0 Å². The van der Waals surface area contributed by atoms with E-state index in [4.69, 9.17) is 10.5 Å². The Morgan fingerprint density at radius 1 is 1.35 bits per heavy atom. The molecule has 92 valence electrons. The van der Waals surface area contributed by atoms with Gasteiger partial charge in [0, 0.05) is 12.1 Å². The van der Waals surface area contributed by atoms with Gasteiger partial charge in [0.25, 0.3) is 0 Å². The van der Waals surface area contributed by atoms with Crippen LogP contribution in [0.3, 0.4) is 0 Å². The zero-order valence-electron chi connectivity index (χ0n) is 10.3. The van der Waals surface area contributed by atoms with Crippen LogP contribution < -0.4 is 5.73 Å². The second-order valence-electron chi connectivity index (χ2n) is 5.49. The van der Waals surface area contributed by atoms with Crippen LogP contribution in [0.5, 0.6) is 0 Å². The third-order valence-electron chi connectivity index (χ3n) is 4.33. The molecule has 3 rings (SSSR count). The molecule has 2 N–H and O–H groups in total. The Balaban J connectivity index is 1.70. The number of hydrogen-bond acceptors (Lipinski definition) is 2. The summed E-state index contributed by atoms with van der Waals surface area (Å²) in [4.78, 5) is 0. The lowest BCUT2D eigenvalue weighted by Crippen LogP contribution is -2.35. The highest BCUT2D eigenvalue weighted by molar-refractivity contribution is 5.38. The predicted octanol–water partition coefficient (Wildman–Crippen LogP) is 2.75. The third kappa shape index (κ3) is 2.12. The van der Waals surface area contributed by atoms with E-state index in [1.807, 2.05) is 0 Å². The summed E-state index contributed by atoms with van der Waals surface area (Å²) in [6.07, 6.45) is 7.32. The molecular formula is C15H21NO. The van der Waals surface area contributed by atoms with Gasteiger partial charge in [0.15, 0.2) is 0 Å². The maximum atomic E-state index is 6.59. The van der Waals surface area contributed by atoms with Crippen LogP contribution in [-0.2, 0) is 16.7 Å². The van der Waals surface area contributed by atoms with E-state index >= 15 is 0 Å². The molecule has 2 atom stereocenters. The second-order valence-corrected chi connectivity index (χ2v) is 5.49.